The molecule has 0 aromatic heterocycles. The zero-order chi connectivity index (χ0) is 16.2. The molecule has 2 aliphatic heterocycles. The topological polar surface area (TPSA) is 76.1 Å². The largest absolute Gasteiger partial charge is 0.486 e. The molecule has 0 amide bonds. The zero-order valence-electron chi connectivity index (χ0n) is 13.0. The number of carbonyl (C=O) groups is 2. The Morgan fingerprint density at radius 2 is 1.83 bits per heavy atom. The summed E-state index contributed by atoms with van der Waals surface area (Å²) in [6.45, 7) is 3.32. The van der Waals surface area contributed by atoms with Crippen LogP contribution < -0.4 is 9.47 Å². The van der Waals surface area contributed by atoms with Gasteiger partial charge >= 0.3 is 5.97 Å². The van der Waals surface area contributed by atoms with Gasteiger partial charge in [0.2, 0.25) is 0 Å². The van der Waals surface area contributed by atoms with Gasteiger partial charge in [0, 0.05) is 18.0 Å². The molecule has 0 saturated carbocycles. The molecule has 6 nitrogen and oxygen atoms in total. The molecule has 1 atom stereocenters. The highest BCUT2D eigenvalue weighted by atomic mass is 16.6. The van der Waals surface area contributed by atoms with Crippen LogP contribution in [0.25, 0.3) is 0 Å². The minimum Gasteiger partial charge on any atom is -0.486 e. The molecular formula is C17H21NO5. The summed E-state index contributed by atoms with van der Waals surface area (Å²) < 4.78 is 11.0. The van der Waals surface area contributed by atoms with Crippen molar-refractivity contribution in [2.24, 2.45) is 5.92 Å². The van der Waals surface area contributed by atoms with Gasteiger partial charge < -0.3 is 19.5 Å². The van der Waals surface area contributed by atoms with Crippen LogP contribution in [0.3, 0.4) is 0 Å². The number of benzene rings is 1. The van der Waals surface area contributed by atoms with Crippen LogP contribution in [-0.4, -0.2) is 54.6 Å². The number of nitrogens with zero attached hydrogens (tertiary/aromatic N) is 1. The van der Waals surface area contributed by atoms with Crippen molar-refractivity contribution in [3.05, 3.63) is 23.8 Å². The van der Waals surface area contributed by atoms with Crippen molar-refractivity contribution in [1.29, 1.82) is 0 Å². The predicted octanol–water partition coefficient (Wildman–Crippen LogP) is 1.83. The first-order valence-corrected chi connectivity index (χ1v) is 8.01. The number of Topliss-reactive ketones (excluding diaryl/α,β-unsaturated/α-hetero) is 1. The molecule has 0 radical (unpaired) electrons. The Morgan fingerprint density at radius 1 is 1.13 bits per heavy atom. The monoisotopic (exact) mass is 319 g/mol. The van der Waals surface area contributed by atoms with Crippen LogP contribution in [0.5, 0.6) is 11.5 Å². The summed E-state index contributed by atoms with van der Waals surface area (Å²) in [5.41, 5.74) is 0.486. The van der Waals surface area contributed by atoms with Crippen molar-refractivity contribution in [3.63, 3.8) is 0 Å². The van der Waals surface area contributed by atoms with Crippen molar-refractivity contribution >= 4 is 11.8 Å². The molecular weight excluding hydrogens is 298 g/mol. The molecule has 1 fully saturated rings. The average Bonchev–Trinajstić information content (AvgIpc) is 3.06. The van der Waals surface area contributed by atoms with Crippen molar-refractivity contribution in [3.8, 4) is 11.5 Å². The van der Waals surface area contributed by atoms with Gasteiger partial charge in [0.15, 0.2) is 17.3 Å². The van der Waals surface area contributed by atoms with Crippen LogP contribution in [-0.2, 0) is 4.79 Å². The highest BCUT2D eigenvalue weighted by molar-refractivity contribution is 6.00. The Labute approximate surface area is 135 Å². The normalized spacial score (nSPS) is 18.6. The van der Waals surface area contributed by atoms with Crippen LogP contribution in [0.15, 0.2) is 18.2 Å². The lowest BCUT2D eigenvalue weighted by molar-refractivity contribution is -0.137. The molecule has 1 saturated heterocycles. The summed E-state index contributed by atoms with van der Waals surface area (Å²) >= 11 is 0. The molecule has 2 aliphatic rings. The van der Waals surface area contributed by atoms with E-state index in [0.29, 0.717) is 36.8 Å². The SMILES string of the molecule is O=C(O)CC(CN1CCCC1)C(=O)c1ccc2c(c1)OCCO2. The first-order valence-electron chi connectivity index (χ1n) is 8.01. The van der Waals surface area contributed by atoms with E-state index in [0.717, 1.165) is 25.9 Å². The zero-order valence-corrected chi connectivity index (χ0v) is 13.0. The maximum Gasteiger partial charge on any atom is 0.304 e. The van der Waals surface area contributed by atoms with Crippen molar-refractivity contribution < 1.29 is 24.2 Å². The van der Waals surface area contributed by atoms with E-state index < -0.39 is 11.9 Å². The summed E-state index contributed by atoms with van der Waals surface area (Å²) in [4.78, 5) is 26.1. The highest BCUT2D eigenvalue weighted by Crippen LogP contribution is 2.32. The second-order valence-electron chi connectivity index (χ2n) is 6.03. The Kier molecular flexibility index (Phi) is 4.81. The maximum absolute atomic E-state index is 12.8. The van der Waals surface area contributed by atoms with E-state index in [4.69, 9.17) is 14.6 Å². The number of aliphatic carboxylic acids is 1. The van der Waals surface area contributed by atoms with Gasteiger partial charge in [0.05, 0.1) is 6.42 Å². The lowest BCUT2D eigenvalue weighted by Gasteiger charge is -2.22. The molecule has 1 aromatic rings. The number of hydrogen-bond acceptors (Lipinski definition) is 5. The predicted molar refractivity (Wildman–Crippen MR) is 83.2 cm³/mol. The maximum atomic E-state index is 12.8. The molecule has 0 spiro atoms. The Bertz CT molecular complexity index is 595. The van der Waals surface area contributed by atoms with Crippen LogP contribution in [0.2, 0.25) is 0 Å². The number of carbonyl (C=O) groups excluding carboxylic acids is 1. The molecule has 23 heavy (non-hydrogen) atoms. The summed E-state index contributed by atoms with van der Waals surface area (Å²) in [5.74, 6) is -0.441. The number of rotatable bonds is 6. The minimum atomic E-state index is -0.944. The summed E-state index contributed by atoms with van der Waals surface area (Å²) in [5, 5.41) is 9.13. The number of carboxylic acids is 1. The van der Waals surface area contributed by atoms with Gasteiger partial charge in [-0.05, 0) is 44.1 Å². The standard InChI is InChI=1S/C17H21NO5/c19-16(20)10-13(11-18-5-1-2-6-18)17(21)12-3-4-14-15(9-12)23-8-7-22-14/h3-4,9,13H,1-2,5-8,10-11H2,(H,19,20). The van der Waals surface area contributed by atoms with E-state index in [9.17, 15) is 9.59 Å². The molecule has 1 N–H and O–H groups in total. The lowest BCUT2D eigenvalue weighted by Crippen LogP contribution is -2.33. The molecule has 2 heterocycles. The third kappa shape index (κ3) is 3.82. The molecule has 0 bridgehead atoms. The van der Waals surface area contributed by atoms with Crippen molar-refractivity contribution in [1.82, 2.24) is 4.90 Å². The van der Waals surface area contributed by atoms with E-state index in [1.807, 2.05) is 0 Å². The van der Waals surface area contributed by atoms with Gasteiger partial charge in [0.25, 0.3) is 0 Å². The Morgan fingerprint density at radius 3 is 2.52 bits per heavy atom. The van der Waals surface area contributed by atoms with Crippen molar-refractivity contribution in [2.45, 2.75) is 19.3 Å². The van der Waals surface area contributed by atoms with E-state index >= 15 is 0 Å². The van der Waals surface area contributed by atoms with E-state index in [-0.39, 0.29) is 12.2 Å². The minimum absolute atomic E-state index is 0.142. The molecule has 3 rings (SSSR count). The van der Waals surface area contributed by atoms with Crippen LogP contribution in [0, 0.1) is 5.92 Å². The van der Waals surface area contributed by atoms with Gasteiger partial charge in [0.1, 0.15) is 13.2 Å². The number of hydrogen-bond donors (Lipinski definition) is 1. The first kappa shape index (κ1) is 15.8. The van der Waals surface area contributed by atoms with Crippen LogP contribution in [0.4, 0.5) is 0 Å². The third-order valence-corrected chi connectivity index (χ3v) is 4.30. The van der Waals surface area contributed by atoms with Gasteiger partial charge in [-0.2, -0.15) is 0 Å². The molecule has 124 valence electrons. The highest BCUT2D eigenvalue weighted by Gasteiger charge is 2.27. The second-order valence-corrected chi connectivity index (χ2v) is 6.03. The molecule has 1 aromatic carbocycles. The van der Waals surface area contributed by atoms with Gasteiger partial charge in [-0.25, -0.2) is 0 Å². The summed E-state index contributed by atoms with van der Waals surface area (Å²) in [7, 11) is 0. The number of carboxylic acid groups (broad SMARTS) is 1. The number of fused-ring (bicyclic) bond motifs is 1. The molecule has 6 heteroatoms. The van der Waals surface area contributed by atoms with E-state index in [1.165, 1.54) is 0 Å². The van der Waals surface area contributed by atoms with Crippen molar-refractivity contribution in [2.75, 3.05) is 32.8 Å². The number of ketones is 1. The summed E-state index contributed by atoms with van der Waals surface area (Å²) in [6, 6.07) is 5.07. The molecule has 0 aliphatic carbocycles. The van der Waals surface area contributed by atoms with Crippen LogP contribution in [0.1, 0.15) is 29.6 Å². The smallest absolute Gasteiger partial charge is 0.304 e. The fraction of sp³-hybridized carbons (Fsp3) is 0.529. The van der Waals surface area contributed by atoms with Crippen LogP contribution >= 0.6 is 0 Å². The quantitative estimate of drug-likeness (QED) is 0.806. The third-order valence-electron chi connectivity index (χ3n) is 4.30. The fourth-order valence-corrected chi connectivity index (χ4v) is 3.16. The van der Waals surface area contributed by atoms with E-state index in [2.05, 4.69) is 4.90 Å². The number of likely N-dealkylation sites (tertiary alicyclic amines) is 1. The lowest BCUT2D eigenvalue weighted by atomic mass is 9.93. The Balaban J connectivity index is 1.77. The summed E-state index contributed by atoms with van der Waals surface area (Å²) in [6.07, 6.45) is 2.07. The second kappa shape index (κ2) is 7.00. The number of ether oxygens (including phenoxy) is 2. The fourth-order valence-electron chi connectivity index (χ4n) is 3.16. The van der Waals surface area contributed by atoms with Gasteiger partial charge in [-0.3, -0.25) is 9.59 Å². The van der Waals surface area contributed by atoms with E-state index in [1.54, 1.807) is 18.2 Å². The first-order chi connectivity index (χ1) is 11.1. The van der Waals surface area contributed by atoms with Gasteiger partial charge in [-0.1, -0.05) is 0 Å². The molecule has 1 unspecified atom stereocenters. The van der Waals surface area contributed by atoms with Gasteiger partial charge in [-0.15, -0.1) is 0 Å². The Hall–Kier alpha value is -2.08. The average molecular weight is 319 g/mol.